The first-order chi connectivity index (χ1) is 16.0. The summed E-state index contributed by atoms with van der Waals surface area (Å²) in [7, 11) is 0. The van der Waals surface area contributed by atoms with E-state index < -0.39 is 0 Å². The van der Waals surface area contributed by atoms with Gasteiger partial charge in [-0.05, 0) is 63.4 Å². The predicted molar refractivity (Wildman–Crippen MR) is 150 cm³/mol. The van der Waals surface area contributed by atoms with E-state index in [9.17, 15) is 0 Å². The first-order valence-corrected chi connectivity index (χ1v) is 12.7. The van der Waals surface area contributed by atoms with Gasteiger partial charge in [-0.1, -0.05) is 77.9 Å². The highest BCUT2D eigenvalue weighted by Gasteiger charge is 2.26. The number of allylic oxidation sites excluding steroid dienone is 3. The maximum absolute atomic E-state index is 6.09. The summed E-state index contributed by atoms with van der Waals surface area (Å²) >= 11 is 13.1. The first-order valence-electron chi connectivity index (χ1n) is 10.6. The van der Waals surface area contributed by atoms with E-state index in [0.717, 1.165) is 34.1 Å². The number of halogens is 1. The third-order valence-corrected chi connectivity index (χ3v) is 6.39. The van der Waals surface area contributed by atoms with Gasteiger partial charge in [0, 0.05) is 37.8 Å². The van der Waals surface area contributed by atoms with Crippen molar-refractivity contribution in [2.45, 2.75) is 25.7 Å². The predicted octanol–water partition coefficient (Wildman–Crippen LogP) is 8.50. The highest BCUT2D eigenvalue weighted by molar-refractivity contribution is 7.98. The van der Waals surface area contributed by atoms with Gasteiger partial charge in [0.15, 0.2) is 0 Å². The fourth-order valence-corrected chi connectivity index (χ4v) is 4.26. The monoisotopic (exact) mass is 490 g/mol. The summed E-state index contributed by atoms with van der Waals surface area (Å²) in [6.07, 6.45) is 4.14. The fraction of sp³-hybridized carbons (Fsp3) is 0.143. The van der Waals surface area contributed by atoms with E-state index in [0.29, 0.717) is 5.02 Å². The van der Waals surface area contributed by atoms with Crippen LogP contribution in [-0.4, -0.2) is 17.5 Å². The average Bonchev–Trinajstić information content (AvgIpc) is 2.85. The lowest BCUT2D eigenvalue weighted by molar-refractivity contribution is 1.12. The summed E-state index contributed by atoms with van der Waals surface area (Å²) in [4.78, 5) is 8.24. The number of anilines is 1. The van der Waals surface area contributed by atoms with E-state index in [4.69, 9.17) is 28.8 Å². The van der Waals surface area contributed by atoms with E-state index in [2.05, 4.69) is 60.6 Å². The molecule has 0 unspecified atom stereocenters. The SMILES string of the molecule is C/C=C1/C(C=S)=C(C)N=C(c2ccc(SC)cc2)N1c1ccc(Cl)cc1.Cc1ccccc1. The molecule has 0 aliphatic carbocycles. The van der Waals surface area contributed by atoms with Crippen molar-refractivity contribution in [2.24, 2.45) is 4.99 Å². The summed E-state index contributed by atoms with van der Waals surface area (Å²) in [6.45, 7) is 6.10. The average molecular weight is 491 g/mol. The lowest BCUT2D eigenvalue weighted by Crippen LogP contribution is -2.35. The van der Waals surface area contributed by atoms with Crippen LogP contribution in [-0.2, 0) is 0 Å². The molecule has 3 aromatic rings. The Bertz CT molecular complexity index is 1180. The van der Waals surface area contributed by atoms with Gasteiger partial charge in [-0.3, -0.25) is 4.90 Å². The van der Waals surface area contributed by atoms with Crippen molar-refractivity contribution in [1.82, 2.24) is 0 Å². The lowest BCUT2D eigenvalue weighted by Gasteiger charge is -2.33. The van der Waals surface area contributed by atoms with Crippen molar-refractivity contribution >= 4 is 52.5 Å². The molecular formula is C28H27ClN2S2. The Balaban J connectivity index is 0.000000374. The molecule has 0 spiro atoms. The van der Waals surface area contributed by atoms with E-state index >= 15 is 0 Å². The number of hydrogen-bond acceptors (Lipinski definition) is 4. The minimum Gasteiger partial charge on any atom is -0.294 e. The van der Waals surface area contributed by atoms with Crippen LogP contribution in [0.1, 0.15) is 25.0 Å². The molecule has 0 aromatic heterocycles. The zero-order valence-electron chi connectivity index (χ0n) is 19.2. The van der Waals surface area contributed by atoms with Gasteiger partial charge in [-0.15, -0.1) is 11.8 Å². The normalized spacial score (nSPS) is 14.5. The Morgan fingerprint density at radius 2 is 1.55 bits per heavy atom. The number of aliphatic imine (C=N–C) groups is 1. The maximum Gasteiger partial charge on any atom is 0.145 e. The molecular weight excluding hydrogens is 464 g/mol. The molecule has 0 bridgehead atoms. The second-order valence-corrected chi connectivity index (χ2v) is 8.97. The van der Waals surface area contributed by atoms with Gasteiger partial charge >= 0.3 is 0 Å². The summed E-state index contributed by atoms with van der Waals surface area (Å²) in [6, 6.07) is 26.5. The number of aryl methyl sites for hydroxylation is 1. The van der Waals surface area contributed by atoms with Crippen LogP contribution in [0, 0.1) is 6.92 Å². The van der Waals surface area contributed by atoms with Gasteiger partial charge in [0.25, 0.3) is 0 Å². The molecule has 0 amide bonds. The molecule has 0 N–H and O–H groups in total. The molecule has 1 aliphatic heterocycles. The van der Waals surface area contributed by atoms with Gasteiger partial charge in [0.05, 0.1) is 5.70 Å². The van der Waals surface area contributed by atoms with Crippen molar-refractivity contribution < 1.29 is 0 Å². The molecule has 2 nitrogen and oxygen atoms in total. The molecule has 1 aliphatic rings. The molecule has 4 rings (SSSR count). The minimum absolute atomic E-state index is 0.706. The summed E-state index contributed by atoms with van der Waals surface area (Å²) in [5, 5.41) is 2.40. The van der Waals surface area contributed by atoms with Gasteiger partial charge in [0.1, 0.15) is 5.84 Å². The third kappa shape index (κ3) is 6.23. The second kappa shape index (κ2) is 12.0. The minimum atomic E-state index is 0.706. The molecule has 0 saturated heterocycles. The van der Waals surface area contributed by atoms with E-state index in [1.807, 2.05) is 56.3 Å². The molecule has 0 radical (unpaired) electrons. The van der Waals surface area contributed by atoms with Crippen LogP contribution in [0.5, 0.6) is 0 Å². The number of rotatable bonds is 4. The molecule has 0 fully saturated rings. The van der Waals surface area contributed by atoms with Crippen molar-refractivity contribution in [3.05, 3.63) is 118 Å². The van der Waals surface area contributed by atoms with Gasteiger partial charge in [-0.2, -0.15) is 0 Å². The van der Waals surface area contributed by atoms with Gasteiger partial charge in [-0.25, -0.2) is 4.99 Å². The van der Waals surface area contributed by atoms with Crippen molar-refractivity contribution in [3.8, 4) is 0 Å². The van der Waals surface area contributed by atoms with Crippen LogP contribution in [0.3, 0.4) is 0 Å². The number of hydrogen-bond donors (Lipinski definition) is 0. The molecule has 5 heteroatoms. The number of amidine groups is 1. The van der Waals surface area contributed by atoms with E-state index in [-0.39, 0.29) is 0 Å². The summed E-state index contributed by atoms with van der Waals surface area (Å²) in [5.41, 5.74) is 6.28. The zero-order valence-corrected chi connectivity index (χ0v) is 21.6. The van der Waals surface area contributed by atoms with Crippen LogP contribution in [0.4, 0.5) is 5.69 Å². The quantitative estimate of drug-likeness (QED) is 0.269. The van der Waals surface area contributed by atoms with Crippen molar-refractivity contribution in [2.75, 3.05) is 11.2 Å². The molecule has 3 aromatic carbocycles. The number of benzene rings is 3. The standard InChI is InChI=1S/C21H19ClN2S2.C7H8/c1-4-20-19(13-25)14(2)23-21(15-5-11-18(26-3)12-6-15)24(20)17-9-7-16(22)8-10-17;1-7-5-3-2-4-6-7/h4-13H,1-3H3;2-6H,1H3/b20-4-;. The molecule has 0 saturated carbocycles. The Morgan fingerprint density at radius 1 is 0.909 bits per heavy atom. The molecule has 1 heterocycles. The van der Waals surface area contributed by atoms with Crippen LogP contribution < -0.4 is 4.90 Å². The van der Waals surface area contributed by atoms with Crippen LogP contribution in [0.25, 0.3) is 0 Å². The number of thiocarbonyl (C=S) groups is 1. The number of nitrogens with zero attached hydrogens (tertiary/aromatic N) is 2. The topological polar surface area (TPSA) is 15.6 Å². The van der Waals surface area contributed by atoms with E-state index in [1.54, 1.807) is 17.1 Å². The van der Waals surface area contributed by atoms with Gasteiger partial charge < -0.3 is 0 Å². The van der Waals surface area contributed by atoms with E-state index in [1.165, 1.54) is 10.5 Å². The molecule has 0 atom stereocenters. The lowest BCUT2D eigenvalue weighted by atomic mass is 10.0. The highest BCUT2D eigenvalue weighted by Crippen LogP contribution is 2.33. The van der Waals surface area contributed by atoms with Crippen molar-refractivity contribution in [1.29, 1.82) is 0 Å². The first kappa shape index (κ1) is 25.0. The number of thioether (sulfide) groups is 1. The zero-order chi connectivity index (χ0) is 23.8. The fourth-order valence-electron chi connectivity index (χ4n) is 3.44. The Labute approximate surface area is 211 Å². The highest BCUT2D eigenvalue weighted by atomic mass is 35.5. The van der Waals surface area contributed by atoms with Crippen LogP contribution in [0.15, 0.2) is 112 Å². The second-order valence-electron chi connectivity index (χ2n) is 7.42. The third-order valence-electron chi connectivity index (χ3n) is 5.16. The Hall–Kier alpha value is -2.66. The van der Waals surface area contributed by atoms with Crippen LogP contribution >= 0.6 is 35.6 Å². The van der Waals surface area contributed by atoms with Crippen LogP contribution in [0.2, 0.25) is 5.02 Å². The molecule has 33 heavy (non-hydrogen) atoms. The summed E-state index contributed by atoms with van der Waals surface area (Å²) in [5.74, 6) is 0.881. The smallest absolute Gasteiger partial charge is 0.145 e. The molecule has 168 valence electrons. The Morgan fingerprint density at radius 3 is 2.03 bits per heavy atom. The Kier molecular flexibility index (Phi) is 9.07. The van der Waals surface area contributed by atoms with Crippen molar-refractivity contribution in [3.63, 3.8) is 0 Å². The maximum atomic E-state index is 6.09. The summed E-state index contributed by atoms with van der Waals surface area (Å²) < 4.78 is 0. The van der Waals surface area contributed by atoms with Gasteiger partial charge in [0.2, 0.25) is 0 Å². The largest absolute Gasteiger partial charge is 0.294 e.